The molecule has 0 saturated heterocycles. The van der Waals surface area contributed by atoms with Gasteiger partial charge in [0.15, 0.2) is 0 Å². The number of hydrogen-bond acceptors (Lipinski definition) is 4. The summed E-state index contributed by atoms with van der Waals surface area (Å²) in [6.45, 7) is 0. The smallest absolute Gasteiger partial charge is 0.431 e. The van der Waals surface area contributed by atoms with Crippen LogP contribution in [0.15, 0.2) is 59.0 Å². The van der Waals surface area contributed by atoms with Gasteiger partial charge < -0.3 is 4.42 Å². The number of rotatable bonds is 3. The Kier molecular flexibility index (Phi) is 3.80. The fourth-order valence-corrected chi connectivity index (χ4v) is 2.15. The predicted octanol–water partition coefficient (Wildman–Crippen LogP) is 4.94. The molecule has 0 N–H and O–H groups in total. The third kappa shape index (κ3) is 2.98. The second-order valence-corrected chi connectivity index (χ2v) is 4.86. The molecule has 0 fully saturated rings. The summed E-state index contributed by atoms with van der Waals surface area (Å²) < 4.78 is 44.5. The van der Waals surface area contributed by atoms with E-state index in [9.17, 15) is 23.3 Å². The number of aromatic nitrogens is 1. The van der Waals surface area contributed by atoms with E-state index in [0.29, 0.717) is 0 Å². The highest BCUT2D eigenvalue weighted by atomic mass is 19.4. The van der Waals surface area contributed by atoms with Gasteiger partial charge >= 0.3 is 6.18 Å². The van der Waals surface area contributed by atoms with Crippen molar-refractivity contribution in [3.05, 3.63) is 70.5 Å². The lowest BCUT2D eigenvalue weighted by atomic mass is 10.1. The highest BCUT2D eigenvalue weighted by Crippen LogP contribution is 2.39. The number of halogens is 3. The molecule has 2 aromatic carbocycles. The van der Waals surface area contributed by atoms with E-state index in [2.05, 4.69) is 4.98 Å². The normalized spacial score (nSPS) is 11.5. The molecule has 5 nitrogen and oxygen atoms in total. The molecule has 0 bridgehead atoms. The van der Waals surface area contributed by atoms with Gasteiger partial charge in [-0.15, -0.1) is 0 Å². The Bertz CT molecular complexity index is 872. The van der Waals surface area contributed by atoms with E-state index in [0.717, 1.165) is 0 Å². The molecule has 0 atom stereocenters. The molecule has 0 aliphatic heterocycles. The first-order valence-electron chi connectivity index (χ1n) is 6.74. The Morgan fingerprint density at radius 1 is 0.958 bits per heavy atom. The second kappa shape index (κ2) is 5.80. The SMILES string of the molecule is O=[N+]([O-])c1ccc(-c2nc(-c3ccccc3)c(C(F)(F)F)o2)cc1. The number of oxazole rings is 1. The Morgan fingerprint density at radius 3 is 2.12 bits per heavy atom. The molecule has 3 aromatic rings. The lowest BCUT2D eigenvalue weighted by Gasteiger charge is -2.04. The van der Waals surface area contributed by atoms with Crippen LogP contribution >= 0.6 is 0 Å². The van der Waals surface area contributed by atoms with Crippen LogP contribution in [0.3, 0.4) is 0 Å². The van der Waals surface area contributed by atoms with Crippen LogP contribution in [0, 0.1) is 10.1 Å². The van der Waals surface area contributed by atoms with Crippen LogP contribution < -0.4 is 0 Å². The average molecular weight is 334 g/mol. The number of hydrogen-bond donors (Lipinski definition) is 0. The lowest BCUT2D eigenvalue weighted by Crippen LogP contribution is -2.05. The molecule has 0 saturated carbocycles. The number of nitro benzene ring substituents is 1. The van der Waals surface area contributed by atoms with Crippen molar-refractivity contribution < 1.29 is 22.5 Å². The summed E-state index contributed by atoms with van der Waals surface area (Å²) in [6.07, 6.45) is -4.71. The van der Waals surface area contributed by atoms with Crippen molar-refractivity contribution in [3.8, 4) is 22.7 Å². The molecule has 0 aliphatic rings. The fourth-order valence-electron chi connectivity index (χ4n) is 2.15. The topological polar surface area (TPSA) is 69.2 Å². The van der Waals surface area contributed by atoms with E-state index >= 15 is 0 Å². The maximum atomic E-state index is 13.2. The number of nitrogens with zero attached hydrogens (tertiary/aromatic N) is 2. The lowest BCUT2D eigenvalue weighted by molar-refractivity contribution is -0.384. The van der Waals surface area contributed by atoms with Crippen LogP contribution in [0.25, 0.3) is 22.7 Å². The van der Waals surface area contributed by atoms with Crippen LogP contribution in [-0.4, -0.2) is 9.91 Å². The summed E-state index contributed by atoms with van der Waals surface area (Å²) in [5.41, 5.74) is -0.0175. The summed E-state index contributed by atoms with van der Waals surface area (Å²) in [5, 5.41) is 10.6. The quantitative estimate of drug-likeness (QED) is 0.503. The van der Waals surface area contributed by atoms with Gasteiger partial charge in [0.25, 0.3) is 5.69 Å². The summed E-state index contributed by atoms with van der Waals surface area (Å²) in [5.74, 6) is -1.46. The molecular formula is C16H9F3N2O3. The molecule has 0 unspecified atom stereocenters. The summed E-state index contributed by atoms with van der Waals surface area (Å²) >= 11 is 0. The first-order chi connectivity index (χ1) is 11.4. The van der Waals surface area contributed by atoms with E-state index in [1.54, 1.807) is 18.2 Å². The minimum absolute atomic E-state index is 0.176. The Labute approximate surface area is 133 Å². The van der Waals surface area contributed by atoms with Crippen molar-refractivity contribution >= 4 is 5.69 Å². The first-order valence-corrected chi connectivity index (χ1v) is 6.74. The highest BCUT2D eigenvalue weighted by Gasteiger charge is 2.40. The fraction of sp³-hybridized carbons (Fsp3) is 0.0625. The minimum Gasteiger partial charge on any atom is -0.431 e. The van der Waals surface area contributed by atoms with Gasteiger partial charge in [-0.25, -0.2) is 4.98 Å². The largest absolute Gasteiger partial charge is 0.451 e. The zero-order chi connectivity index (χ0) is 17.3. The molecule has 0 spiro atoms. The Morgan fingerprint density at radius 2 is 1.58 bits per heavy atom. The van der Waals surface area contributed by atoms with Crippen molar-refractivity contribution in [2.45, 2.75) is 6.18 Å². The molecule has 1 aromatic heterocycles. The first kappa shape index (κ1) is 15.7. The minimum atomic E-state index is -4.71. The maximum absolute atomic E-state index is 13.2. The molecule has 3 rings (SSSR count). The molecular weight excluding hydrogens is 325 g/mol. The van der Waals surface area contributed by atoms with Crippen LogP contribution in [-0.2, 0) is 6.18 Å². The third-order valence-corrected chi connectivity index (χ3v) is 3.26. The van der Waals surface area contributed by atoms with Crippen molar-refractivity contribution in [2.75, 3.05) is 0 Å². The zero-order valence-electron chi connectivity index (χ0n) is 11.9. The van der Waals surface area contributed by atoms with Gasteiger partial charge in [0.05, 0.1) is 4.92 Å². The monoisotopic (exact) mass is 334 g/mol. The van der Waals surface area contributed by atoms with Gasteiger partial charge in [-0.1, -0.05) is 30.3 Å². The van der Waals surface area contributed by atoms with Crippen LogP contribution in [0.2, 0.25) is 0 Å². The predicted molar refractivity (Wildman–Crippen MR) is 79.0 cm³/mol. The molecule has 0 radical (unpaired) electrons. The number of non-ortho nitro benzene ring substituents is 1. The van der Waals surface area contributed by atoms with Crippen molar-refractivity contribution in [3.63, 3.8) is 0 Å². The summed E-state index contributed by atoms with van der Waals surface area (Å²) in [4.78, 5) is 14.0. The van der Waals surface area contributed by atoms with Crippen molar-refractivity contribution in [1.82, 2.24) is 4.98 Å². The molecule has 122 valence electrons. The number of alkyl halides is 3. The van der Waals surface area contributed by atoms with Gasteiger partial charge in [-0.3, -0.25) is 10.1 Å². The third-order valence-electron chi connectivity index (χ3n) is 3.26. The number of nitro groups is 1. The van der Waals surface area contributed by atoms with E-state index in [1.807, 2.05) is 0 Å². The van der Waals surface area contributed by atoms with Gasteiger partial charge in [0, 0.05) is 23.3 Å². The van der Waals surface area contributed by atoms with E-state index in [1.165, 1.54) is 36.4 Å². The standard InChI is InChI=1S/C16H9F3N2O3/c17-16(18,19)14-13(10-4-2-1-3-5-10)20-15(24-14)11-6-8-12(9-7-11)21(22)23/h1-9H. The maximum Gasteiger partial charge on any atom is 0.451 e. The molecule has 24 heavy (non-hydrogen) atoms. The van der Waals surface area contributed by atoms with Gasteiger partial charge in [-0.2, -0.15) is 13.2 Å². The molecule has 8 heteroatoms. The van der Waals surface area contributed by atoms with E-state index < -0.39 is 16.9 Å². The number of benzene rings is 2. The van der Waals surface area contributed by atoms with Gasteiger partial charge in [0.2, 0.25) is 11.7 Å². The van der Waals surface area contributed by atoms with Crippen LogP contribution in [0.4, 0.5) is 18.9 Å². The van der Waals surface area contributed by atoms with E-state index in [-0.39, 0.29) is 28.4 Å². The van der Waals surface area contributed by atoms with Crippen LogP contribution in [0.1, 0.15) is 5.76 Å². The van der Waals surface area contributed by atoms with Gasteiger partial charge in [0.1, 0.15) is 5.69 Å². The van der Waals surface area contributed by atoms with Crippen molar-refractivity contribution in [1.29, 1.82) is 0 Å². The summed E-state index contributed by atoms with van der Waals surface area (Å²) in [6, 6.07) is 12.8. The summed E-state index contributed by atoms with van der Waals surface area (Å²) in [7, 11) is 0. The zero-order valence-corrected chi connectivity index (χ0v) is 11.9. The second-order valence-electron chi connectivity index (χ2n) is 4.86. The Balaban J connectivity index is 2.10. The molecule has 1 heterocycles. The highest BCUT2D eigenvalue weighted by molar-refractivity contribution is 5.66. The Hall–Kier alpha value is -3.16. The molecule has 0 amide bonds. The average Bonchev–Trinajstić information content (AvgIpc) is 3.01. The molecule has 0 aliphatic carbocycles. The van der Waals surface area contributed by atoms with Gasteiger partial charge in [-0.05, 0) is 12.1 Å². The van der Waals surface area contributed by atoms with E-state index in [4.69, 9.17) is 4.42 Å². The van der Waals surface area contributed by atoms with Crippen LogP contribution in [0.5, 0.6) is 0 Å². The van der Waals surface area contributed by atoms with Crippen molar-refractivity contribution in [2.24, 2.45) is 0 Å².